The summed E-state index contributed by atoms with van der Waals surface area (Å²) in [6.07, 6.45) is 1.00. The molecular formula is C13H16ClNO4S. The molecule has 0 heterocycles. The number of hydrogen-bond donors (Lipinski definition) is 0. The third kappa shape index (κ3) is 3.58. The number of alkyl halides is 1. The van der Waals surface area contributed by atoms with E-state index in [0.29, 0.717) is 0 Å². The SMILES string of the molecule is CC(=O)N(C(C)=O)c1ccc(C)cc1[C@@H](Cl)S(C)(=O)=O. The van der Waals surface area contributed by atoms with Crippen molar-refractivity contribution in [2.45, 2.75) is 25.5 Å². The molecule has 0 aromatic heterocycles. The summed E-state index contributed by atoms with van der Waals surface area (Å²) in [5, 5.41) is 0. The Labute approximate surface area is 123 Å². The molecule has 0 N–H and O–H groups in total. The summed E-state index contributed by atoms with van der Waals surface area (Å²) in [6, 6.07) is 4.77. The lowest BCUT2D eigenvalue weighted by Gasteiger charge is -2.22. The molecule has 5 nitrogen and oxygen atoms in total. The predicted octanol–water partition coefficient (Wildman–Crippen LogP) is 2.18. The normalized spacial score (nSPS) is 12.8. The first-order valence-electron chi connectivity index (χ1n) is 5.80. The van der Waals surface area contributed by atoms with E-state index in [9.17, 15) is 18.0 Å². The largest absolute Gasteiger partial charge is 0.274 e. The van der Waals surface area contributed by atoms with Gasteiger partial charge in [0.25, 0.3) is 0 Å². The van der Waals surface area contributed by atoms with Crippen molar-refractivity contribution in [3.8, 4) is 0 Å². The number of anilines is 1. The molecule has 110 valence electrons. The van der Waals surface area contributed by atoms with Crippen LogP contribution in [0.25, 0.3) is 0 Å². The van der Waals surface area contributed by atoms with Crippen LogP contribution in [0.15, 0.2) is 18.2 Å². The third-order valence-electron chi connectivity index (χ3n) is 2.67. The molecule has 1 aromatic rings. The van der Waals surface area contributed by atoms with E-state index in [1.54, 1.807) is 19.1 Å². The summed E-state index contributed by atoms with van der Waals surface area (Å²) >= 11 is 5.98. The molecule has 0 aliphatic carbocycles. The molecule has 1 aromatic carbocycles. The molecule has 0 aliphatic rings. The van der Waals surface area contributed by atoms with Gasteiger partial charge in [-0.05, 0) is 13.0 Å². The lowest BCUT2D eigenvalue weighted by molar-refractivity contribution is -0.124. The van der Waals surface area contributed by atoms with Crippen molar-refractivity contribution in [1.82, 2.24) is 0 Å². The van der Waals surface area contributed by atoms with Gasteiger partial charge in [-0.3, -0.25) is 14.5 Å². The van der Waals surface area contributed by atoms with E-state index in [2.05, 4.69) is 0 Å². The van der Waals surface area contributed by atoms with Crippen molar-refractivity contribution in [2.75, 3.05) is 11.2 Å². The Balaban J connectivity index is 3.56. The topological polar surface area (TPSA) is 71.5 Å². The summed E-state index contributed by atoms with van der Waals surface area (Å²) in [4.78, 5) is 24.1. The lowest BCUT2D eigenvalue weighted by Crippen LogP contribution is -2.34. The molecular weight excluding hydrogens is 302 g/mol. The van der Waals surface area contributed by atoms with Crippen LogP contribution in [0, 0.1) is 6.92 Å². The number of halogens is 1. The van der Waals surface area contributed by atoms with Crippen LogP contribution in [0.4, 0.5) is 5.69 Å². The Hall–Kier alpha value is -1.40. The number of carbonyl (C=O) groups is 2. The minimum Gasteiger partial charge on any atom is -0.274 e. The van der Waals surface area contributed by atoms with Gasteiger partial charge in [0.2, 0.25) is 11.8 Å². The highest BCUT2D eigenvalue weighted by atomic mass is 35.5. The minimum atomic E-state index is -3.56. The number of imide groups is 1. The number of benzene rings is 1. The van der Waals surface area contributed by atoms with Crippen molar-refractivity contribution < 1.29 is 18.0 Å². The minimum absolute atomic E-state index is 0.195. The zero-order valence-electron chi connectivity index (χ0n) is 11.7. The van der Waals surface area contributed by atoms with E-state index < -0.39 is 26.4 Å². The van der Waals surface area contributed by atoms with E-state index in [0.717, 1.165) is 16.7 Å². The van der Waals surface area contributed by atoms with Crippen LogP contribution in [-0.2, 0) is 19.4 Å². The highest BCUT2D eigenvalue weighted by molar-refractivity contribution is 7.92. The Bertz CT molecular complexity index is 640. The van der Waals surface area contributed by atoms with E-state index in [-0.39, 0.29) is 11.3 Å². The van der Waals surface area contributed by atoms with E-state index in [4.69, 9.17) is 11.6 Å². The molecule has 0 saturated carbocycles. The first-order valence-corrected chi connectivity index (χ1v) is 8.19. The standard InChI is InChI=1S/C13H16ClNO4S/c1-8-5-6-12(15(9(2)16)10(3)17)11(7-8)13(14)20(4,18)19/h5-7,13H,1-4H3/t13-/m0/s1. The van der Waals surface area contributed by atoms with Crippen LogP contribution < -0.4 is 4.90 Å². The van der Waals surface area contributed by atoms with Crippen LogP contribution in [0.1, 0.15) is 29.7 Å². The molecule has 0 aliphatic heterocycles. The van der Waals surface area contributed by atoms with Gasteiger partial charge in [-0.25, -0.2) is 8.42 Å². The van der Waals surface area contributed by atoms with Gasteiger partial charge in [0.1, 0.15) is 0 Å². The number of nitrogens with zero attached hydrogens (tertiary/aromatic N) is 1. The number of sulfone groups is 1. The summed E-state index contributed by atoms with van der Waals surface area (Å²) < 4.78 is 22.0. The van der Waals surface area contributed by atoms with Gasteiger partial charge < -0.3 is 0 Å². The van der Waals surface area contributed by atoms with Crippen molar-refractivity contribution in [1.29, 1.82) is 0 Å². The zero-order valence-corrected chi connectivity index (χ0v) is 13.2. The summed E-state index contributed by atoms with van der Waals surface area (Å²) in [5.74, 6) is -1.00. The zero-order chi connectivity index (χ0) is 15.7. The Morgan fingerprint density at radius 3 is 2.10 bits per heavy atom. The molecule has 2 amide bonds. The number of hydrogen-bond acceptors (Lipinski definition) is 4. The van der Waals surface area contributed by atoms with Gasteiger partial charge in [0, 0.05) is 25.7 Å². The number of aryl methyl sites for hydroxylation is 1. The van der Waals surface area contributed by atoms with Crippen LogP contribution in [0.2, 0.25) is 0 Å². The number of rotatable bonds is 3. The summed E-state index contributed by atoms with van der Waals surface area (Å²) in [6.45, 7) is 4.23. The second-order valence-corrected chi connectivity index (χ2v) is 7.41. The van der Waals surface area contributed by atoms with Gasteiger partial charge in [0.05, 0.1) is 5.69 Å². The molecule has 7 heteroatoms. The maximum Gasteiger partial charge on any atom is 0.230 e. The number of carbonyl (C=O) groups excluding carboxylic acids is 2. The summed E-state index contributed by atoms with van der Waals surface area (Å²) in [7, 11) is -3.56. The van der Waals surface area contributed by atoms with E-state index >= 15 is 0 Å². The maximum atomic E-state index is 11.6. The molecule has 0 radical (unpaired) electrons. The molecule has 20 heavy (non-hydrogen) atoms. The Kier molecular flexibility index (Phi) is 4.94. The van der Waals surface area contributed by atoms with Crippen LogP contribution in [0.3, 0.4) is 0 Å². The average Bonchev–Trinajstić information content (AvgIpc) is 2.28. The van der Waals surface area contributed by atoms with Crippen LogP contribution >= 0.6 is 11.6 Å². The molecule has 0 saturated heterocycles. The molecule has 0 unspecified atom stereocenters. The second-order valence-electron chi connectivity index (χ2n) is 4.58. The van der Waals surface area contributed by atoms with Gasteiger partial charge >= 0.3 is 0 Å². The van der Waals surface area contributed by atoms with Crippen molar-refractivity contribution in [2.24, 2.45) is 0 Å². The average molecular weight is 318 g/mol. The molecule has 0 spiro atoms. The van der Waals surface area contributed by atoms with Crippen LogP contribution in [-0.4, -0.2) is 26.5 Å². The summed E-state index contributed by atoms with van der Waals surface area (Å²) in [5.41, 5.74) is 1.20. The lowest BCUT2D eigenvalue weighted by atomic mass is 10.1. The molecule has 0 fully saturated rings. The third-order valence-corrected chi connectivity index (χ3v) is 4.89. The van der Waals surface area contributed by atoms with Crippen molar-refractivity contribution >= 4 is 38.9 Å². The highest BCUT2D eigenvalue weighted by Crippen LogP contribution is 2.35. The van der Waals surface area contributed by atoms with Crippen LogP contribution in [0.5, 0.6) is 0 Å². The van der Waals surface area contributed by atoms with E-state index in [1.807, 2.05) is 0 Å². The quantitative estimate of drug-likeness (QED) is 0.801. The Morgan fingerprint density at radius 1 is 1.20 bits per heavy atom. The maximum absolute atomic E-state index is 11.6. The molecule has 0 bridgehead atoms. The first kappa shape index (κ1) is 16.7. The first-order chi connectivity index (χ1) is 9.05. The van der Waals surface area contributed by atoms with Gasteiger partial charge in [0.15, 0.2) is 14.5 Å². The second kappa shape index (κ2) is 5.93. The van der Waals surface area contributed by atoms with Crippen molar-refractivity contribution in [3.63, 3.8) is 0 Å². The fourth-order valence-corrected chi connectivity index (χ4v) is 2.68. The number of amides is 2. The van der Waals surface area contributed by atoms with Gasteiger partial charge in [-0.15, -0.1) is 11.6 Å². The van der Waals surface area contributed by atoms with Gasteiger partial charge in [-0.2, -0.15) is 0 Å². The van der Waals surface area contributed by atoms with Crippen molar-refractivity contribution in [3.05, 3.63) is 29.3 Å². The predicted molar refractivity (Wildman–Crippen MR) is 78.5 cm³/mol. The molecule has 1 atom stereocenters. The highest BCUT2D eigenvalue weighted by Gasteiger charge is 2.28. The van der Waals surface area contributed by atoms with Gasteiger partial charge in [-0.1, -0.05) is 17.7 Å². The monoisotopic (exact) mass is 317 g/mol. The van der Waals surface area contributed by atoms with E-state index in [1.165, 1.54) is 19.9 Å². The Morgan fingerprint density at radius 2 is 1.70 bits per heavy atom. The fraction of sp³-hybridized carbons (Fsp3) is 0.385. The fourth-order valence-electron chi connectivity index (χ4n) is 1.85. The smallest absolute Gasteiger partial charge is 0.230 e. The molecule has 1 rings (SSSR count).